The summed E-state index contributed by atoms with van der Waals surface area (Å²) in [5.74, 6) is 0.713. The smallest absolute Gasteiger partial charge is 0.241 e. The quantitative estimate of drug-likeness (QED) is 0.886. The average Bonchev–Trinajstić information content (AvgIpc) is 3.23. The standard InChI is InChI=1S/C16H16N4OS.ClH/c17-8-11-3-1-4-12(7-11)15-19-14(10-22-15)16(21)20-6-2-5-13(20)9-18;/h1,3-4,7,13-15,19H,2,5-6,10H2;1H/t13-,14-,15?;/m0./s1. The molecule has 0 saturated carbocycles. The second-order valence-electron chi connectivity index (χ2n) is 5.49. The molecule has 2 aliphatic heterocycles. The van der Waals surface area contributed by atoms with Gasteiger partial charge in [-0.2, -0.15) is 10.5 Å². The molecule has 2 aliphatic rings. The minimum Gasteiger partial charge on any atom is -0.325 e. The molecule has 3 atom stereocenters. The molecule has 1 unspecified atom stereocenters. The number of likely N-dealkylation sites (tertiary alicyclic amines) is 1. The van der Waals surface area contributed by atoms with Crippen molar-refractivity contribution in [3.05, 3.63) is 35.4 Å². The summed E-state index contributed by atoms with van der Waals surface area (Å²) in [7, 11) is 0. The van der Waals surface area contributed by atoms with Gasteiger partial charge in [0.05, 0.1) is 29.1 Å². The summed E-state index contributed by atoms with van der Waals surface area (Å²) in [6, 6.07) is 11.3. The van der Waals surface area contributed by atoms with Gasteiger partial charge in [0.1, 0.15) is 6.04 Å². The van der Waals surface area contributed by atoms with Gasteiger partial charge >= 0.3 is 0 Å². The van der Waals surface area contributed by atoms with E-state index < -0.39 is 0 Å². The molecule has 1 N–H and O–H groups in total. The molecule has 2 heterocycles. The van der Waals surface area contributed by atoms with Crippen LogP contribution in [0.2, 0.25) is 0 Å². The number of halogens is 1. The molecular formula is C16H17ClN4OS. The SMILES string of the molecule is Cl.N#Cc1cccc(C2N[C@H](C(=O)N3CCC[C@H]3C#N)CS2)c1. The molecule has 2 saturated heterocycles. The van der Waals surface area contributed by atoms with Crippen LogP contribution in [0.4, 0.5) is 0 Å². The minimum absolute atomic E-state index is 0. The number of carbonyl (C=O) groups is 1. The van der Waals surface area contributed by atoms with Crippen LogP contribution in [-0.2, 0) is 4.79 Å². The van der Waals surface area contributed by atoms with Crippen LogP contribution in [0.25, 0.3) is 0 Å². The predicted octanol–water partition coefficient (Wildman–Crippen LogP) is 2.20. The van der Waals surface area contributed by atoms with E-state index in [1.165, 1.54) is 0 Å². The molecule has 3 rings (SSSR count). The van der Waals surface area contributed by atoms with Crippen molar-refractivity contribution in [2.45, 2.75) is 30.3 Å². The lowest BCUT2D eigenvalue weighted by Crippen LogP contribution is -2.46. The Morgan fingerprint density at radius 3 is 2.96 bits per heavy atom. The summed E-state index contributed by atoms with van der Waals surface area (Å²) in [4.78, 5) is 14.3. The van der Waals surface area contributed by atoms with E-state index in [0.717, 1.165) is 18.4 Å². The van der Waals surface area contributed by atoms with E-state index in [9.17, 15) is 4.79 Å². The number of hydrogen-bond acceptors (Lipinski definition) is 5. The molecule has 0 spiro atoms. The maximum Gasteiger partial charge on any atom is 0.241 e. The molecule has 2 fully saturated rings. The Kier molecular flexibility index (Phi) is 5.90. The highest BCUT2D eigenvalue weighted by molar-refractivity contribution is 7.99. The molecule has 1 aromatic carbocycles. The lowest BCUT2D eigenvalue weighted by atomic mass is 10.1. The topological polar surface area (TPSA) is 79.9 Å². The highest BCUT2D eigenvalue weighted by Crippen LogP contribution is 2.34. The summed E-state index contributed by atoms with van der Waals surface area (Å²) in [6.45, 7) is 0.675. The zero-order chi connectivity index (χ0) is 15.5. The van der Waals surface area contributed by atoms with E-state index in [0.29, 0.717) is 17.9 Å². The summed E-state index contributed by atoms with van der Waals surface area (Å²) in [6.07, 6.45) is 1.67. The van der Waals surface area contributed by atoms with Crippen molar-refractivity contribution in [1.29, 1.82) is 10.5 Å². The zero-order valence-electron chi connectivity index (χ0n) is 12.4. The first kappa shape index (κ1) is 17.6. The highest BCUT2D eigenvalue weighted by Gasteiger charge is 2.37. The molecule has 120 valence electrons. The van der Waals surface area contributed by atoms with Crippen LogP contribution >= 0.6 is 24.2 Å². The van der Waals surface area contributed by atoms with Gasteiger partial charge in [-0.15, -0.1) is 24.2 Å². The fraction of sp³-hybridized carbons (Fsp3) is 0.438. The average molecular weight is 349 g/mol. The molecule has 1 aromatic rings. The van der Waals surface area contributed by atoms with Crippen molar-refractivity contribution in [3.8, 4) is 12.1 Å². The van der Waals surface area contributed by atoms with Gasteiger partial charge in [-0.1, -0.05) is 12.1 Å². The van der Waals surface area contributed by atoms with Crippen molar-refractivity contribution in [2.75, 3.05) is 12.3 Å². The van der Waals surface area contributed by atoms with E-state index in [2.05, 4.69) is 17.5 Å². The number of benzene rings is 1. The van der Waals surface area contributed by atoms with Gasteiger partial charge in [-0.05, 0) is 30.5 Å². The van der Waals surface area contributed by atoms with Gasteiger partial charge in [0, 0.05) is 12.3 Å². The third kappa shape index (κ3) is 3.61. The molecule has 0 bridgehead atoms. The molecule has 5 nitrogen and oxygen atoms in total. The molecular weight excluding hydrogens is 332 g/mol. The van der Waals surface area contributed by atoms with Crippen molar-refractivity contribution in [2.24, 2.45) is 0 Å². The number of rotatable bonds is 2. The predicted molar refractivity (Wildman–Crippen MR) is 90.9 cm³/mol. The Balaban J connectivity index is 0.00000192. The van der Waals surface area contributed by atoms with Crippen LogP contribution in [0, 0.1) is 22.7 Å². The van der Waals surface area contributed by atoms with Crippen LogP contribution in [0.15, 0.2) is 24.3 Å². The van der Waals surface area contributed by atoms with E-state index in [1.807, 2.05) is 18.2 Å². The summed E-state index contributed by atoms with van der Waals surface area (Å²) in [5.41, 5.74) is 1.64. The molecule has 7 heteroatoms. The first-order chi connectivity index (χ1) is 10.7. The first-order valence-corrected chi connectivity index (χ1v) is 8.35. The third-order valence-electron chi connectivity index (χ3n) is 4.08. The second kappa shape index (κ2) is 7.70. The number of thioether (sulfide) groups is 1. The number of nitrogens with one attached hydrogen (secondary N) is 1. The normalized spacial score (nSPS) is 26.2. The summed E-state index contributed by atoms with van der Waals surface area (Å²) >= 11 is 1.67. The molecule has 1 amide bonds. The number of amides is 1. The van der Waals surface area contributed by atoms with Gasteiger partial charge in [0.15, 0.2) is 0 Å². The van der Waals surface area contributed by atoms with Gasteiger partial charge < -0.3 is 4.90 Å². The Bertz CT molecular complexity index is 669. The van der Waals surface area contributed by atoms with Crippen molar-refractivity contribution in [1.82, 2.24) is 10.2 Å². The van der Waals surface area contributed by atoms with Gasteiger partial charge in [0.2, 0.25) is 5.91 Å². The van der Waals surface area contributed by atoms with Crippen LogP contribution in [0.3, 0.4) is 0 Å². The Morgan fingerprint density at radius 1 is 1.39 bits per heavy atom. The van der Waals surface area contributed by atoms with Crippen LogP contribution in [-0.4, -0.2) is 35.2 Å². The van der Waals surface area contributed by atoms with Gasteiger partial charge in [-0.3, -0.25) is 10.1 Å². The van der Waals surface area contributed by atoms with E-state index in [4.69, 9.17) is 10.5 Å². The number of nitriles is 2. The highest BCUT2D eigenvalue weighted by atomic mass is 35.5. The molecule has 23 heavy (non-hydrogen) atoms. The van der Waals surface area contributed by atoms with E-state index >= 15 is 0 Å². The maximum atomic E-state index is 12.6. The monoisotopic (exact) mass is 348 g/mol. The summed E-state index contributed by atoms with van der Waals surface area (Å²) in [5, 5.41) is 21.4. The fourth-order valence-corrected chi connectivity index (χ4v) is 4.17. The van der Waals surface area contributed by atoms with Crippen molar-refractivity contribution >= 4 is 30.1 Å². The Morgan fingerprint density at radius 2 is 2.22 bits per heavy atom. The number of hydrogen-bond donors (Lipinski definition) is 1. The Hall–Kier alpha value is -1.73. The lowest BCUT2D eigenvalue weighted by molar-refractivity contribution is -0.132. The fourth-order valence-electron chi connectivity index (χ4n) is 2.94. The zero-order valence-corrected chi connectivity index (χ0v) is 14.1. The van der Waals surface area contributed by atoms with Crippen molar-refractivity contribution in [3.63, 3.8) is 0 Å². The van der Waals surface area contributed by atoms with E-state index in [1.54, 1.807) is 22.7 Å². The minimum atomic E-state index is -0.278. The van der Waals surface area contributed by atoms with Gasteiger partial charge in [-0.25, -0.2) is 0 Å². The van der Waals surface area contributed by atoms with Crippen LogP contribution < -0.4 is 5.32 Å². The molecule has 0 aliphatic carbocycles. The third-order valence-corrected chi connectivity index (χ3v) is 5.35. The van der Waals surface area contributed by atoms with Gasteiger partial charge in [0.25, 0.3) is 0 Å². The lowest BCUT2D eigenvalue weighted by Gasteiger charge is -2.23. The second-order valence-corrected chi connectivity index (χ2v) is 6.63. The van der Waals surface area contributed by atoms with Crippen LogP contribution in [0.1, 0.15) is 29.3 Å². The summed E-state index contributed by atoms with van der Waals surface area (Å²) < 4.78 is 0. The Labute approximate surface area is 146 Å². The number of carbonyl (C=O) groups excluding carboxylic acids is 1. The van der Waals surface area contributed by atoms with Crippen molar-refractivity contribution < 1.29 is 4.79 Å². The first-order valence-electron chi connectivity index (χ1n) is 7.30. The molecule has 0 aromatic heterocycles. The number of nitrogens with zero attached hydrogens (tertiary/aromatic N) is 3. The molecule has 0 radical (unpaired) electrons. The maximum absolute atomic E-state index is 12.6. The largest absolute Gasteiger partial charge is 0.325 e. The van der Waals surface area contributed by atoms with E-state index in [-0.39, 0.29) is 35.8 Å². The van der Waals surface area contributed by atoms with Crippen LogP contribution in [0.5, 0.6) is 0 Å².